The summed E-state index contributed by atoms with van der Waals surface area (Å²) in [5, 5.41) is 0. The zero-order valence-electron chi connectivity index (χ0n) is 11.1. The van der Waals surface area contributed by atoms with Crippen LogP contribution >= 0.6 is 11.6 Å². The Labute approximate surface area is 113 Å². The van der Waals surface area contributed by atoms with Crippen molar-refractivity contribution in [2.75, 3.05) is 5.88 Å². The minimum Gasteiger partial charge on any atom is -0.325 e. The van der Waals surface area contributed by atoms with Gasteiger partial charge in [0, 0.05) is 24.5 Å². The van der Waals surface area contributed by atoms with Crippen molar-refractivity contribution in [1.82, 2.24) is 14.5 Å². The Morgan fingerprint density at radius 1 is 1.44 bits per heavy atom. The average molecular weight is 266 g/mol. The molecule has 0 saturated heterocycles. The third kappa shape index (κ3) is 2.66. The molecule has 4 heteroatoms. The number of aryl methyl sites for hydroxylation is 1. The zero-order chi connectivity index (χ0) is 13.0. The molecule has 0 radical (unpaired) electrons. The Morgan fingerprint density at radius 3 is 3.00 bits per heavy atom. The maximum Gasteiger partial charge on any atom is 0.111 e. The number of rotatable bonds is 6. The molecular formula is C14H20ClN3. The van der Waals surface area contributed by atoms with Crippen LogP contribution in [-0.4, -0.2) is 20.4 Å². The van der Waals surface area contributed by atoms with Crippen molar-refractivity contribution in [2.45, 2.75) is 45.6 Å². The lowest BCUT2D eigenvalue weighted by Gasteiger charge is -2.17. The van der Waals surface area contributed by atoms with Crippen molar-refractivity contribution in [3.05, 3.63) is 24.3 Å². The first-order valence-electron chi connectivity index (χ1n) is 6.64. The lowest BCUT2D eigenvalue weighted by Crippen LogP contribution is -2.10. The molecule has 1 atom stereocenters. The molecule has 2 heterocycles. The normalized spacial score (nSPS) is 13.1. The van der Waals surface area contributed by atoms with Gasteiger partial charge in [0.2, 0.25) is 0 Å². The van der Waals surface area contributed by atoms with Gasteiger partial charge in [-0.25, -0.2) is 4.98 Å². The third-order valence-corrected chi connectivity index (χ3v) is 3.49. The fourth-order valence-electron chi connectivity index (χ4n) is 2.38. The minimum atomic E-state index is 0.468. The van der Waals surface area contributed by atoms with E-state index in [4.69, 9.17) is 11.6 Å². The van der Waals surface area contributed by atoms with E-state index >= 15 is 0 Å². The predicted octanol–water partition coefficient (Wildman–Crippen LogP) is 3.96. The van der Waals surface area contributed by atoms with Crippen molar-refractivity contribution < 1.29 is 0 Å². The van der Waals surface area contributed by atoms with Crippen LogP contribution in [0.2, 0.25) is 0 Å². The minimum absolute atomic E-state index is 0.468. The topological polar surface area (TPSA) is 30.7 Å². The van der Waals surface area contributed by atoms with Crippen LogP contribution in [0.5, 0.6) is 0 Å². The van der Waals surface area contributed by atoms with E-state index in [1.807, 2.05) is 18.5 Å². The molecule has 98 valence electrons. The second kappa shape index (κ2) is 6.19. The summed E-state index contributed by atoms with van der Waals surface area (Å²) in [6.07, 6.45) is 8.12. The number of fused-ring (bicyclic) bond motifs is 1. The van der Waals surface area contributed by atoms with E-state index in [0.717, 1.165) is 17.8 Å². The van der Waals surface area contributed by atoms with Crippen LogP contribution in [0.15, 0.2) is 18.5 Å². The van der Waals surface area contributed by atoms with Crippen LogP contribution in [0.3, 0.4) is 0 Å². The average Bonchev–Trinajstić information content (AvgIpc) is 2.74. The van der Waals surface area contributed by atoms with Gasteiger partial charge in [-0.1, -0.05) is 19.8 Å². The van der Waals surface area contributed by atoms with Crippen molar-refractivity contribution in [3.63, 3.8) is 0 Å². The van der Waals surface area contributed by atoms with E-state index in [1.165, 1.54) is 24.8 Å². The summed E-state index contributed by atoms with van der Waals surface area (Å²) in [5.74, 6) is 1.69. The highest BCUT2D eigenvalue weighted by atomic mass is 35.5. The number of hydrogen-bond acceptors (Lipinski definition) is 2. The quantitative estimate of drug-likeness (QED) is 0.740. The molecule has 0 saturated carbocycles. The SMILES string of the molecule is CCCCC(C)n1c(CCCl)nc2cnccc21. The van der Waals surface area contributed by atoms with Crippen LogP contribution < -0.4 is 0 Å². The molecule has 18 heavy (non-hydrogen) atoms. The maximum absolute atomic E-state index is 5.88. The van der Waals surface area contributed by atoms with E-state index in [2.05, 4.69) is 28.4 Å². The summed E-state index contributed by atoms with van der Waals surface area (Å²) in [4.78, 5) is 8.79. The van der Waals surface area contributed by atoms with Gasteiger partial charge < -0.3 is 4.57 Å². The molecule has 2 aromatic rings. The van der Waals surface area contributed by atoms with Crippen molar-refractivity contribution in [2.24, 2.45) is 0 Å². The Balaban J connectivity index is 2.40. The van der Waals surface area contributed by atoms with Gasteiger partial charge in [-0.3, -0.25) is 4.98 Å². The van der Waals surface area contributed by atoms with E-state index in [0.29, 0.717) is 11.9 Å². The fourth-order valence-corrected chi connectivity index (χ4v) is 2.55. The predicted molar refractivity (Wildman–Crippen MR) is 76.2 cm³/mol. The highest BCUT2D eigenvalue weighted by molar-refractivity contribution is 6.17. The number of imidazole rings is 1. The molecule has 2 aromatic heterocycles. The number of aromatic nitrogens is 3. The molecule has 0 fully saturated rings. The second-order valence-electron chi connectivity index (χ2n) is 4.69. The van der Waals surface area contributed by atoms with Gasteiger partial charge in [-0.15, -0.1) is 11.6 Å². The third-order valence-electron chi connectivity index (χ3n) is 3.30. The lowest BCUT2D eigenvalue weighted by molar-refractivity contribution is 0.482. The summed E-state index contributed by atoms with van der Waals surface area (Å²) in [5.41, 5.74) is 2.15. The molecule has 0 aliphatic rings. The van der Waals surface area contributed by atoms with Gasteiger partial charge >= 0.3 is 0 Å². The first-order valence-corrected chi connectivity index (χ1v) is 7.18. The first kappa shape index (κ1) is 13.3. The van der Waals surface area contributed by atoms with Gasteiger partial charge in [-0.05, 0) is 19.4 Å². The van der Waals surface area contributed by atoms with Crippen LogP contribution in [0.25, 0.3) is 11.0 Å². The van der Waals surface area contributed by atoms with E-state index in [1.54, 1.807) is 0 Å². The van der Waals surface area contributed by atoms with Crippen LogP contribution in [0.4, 0.5) is 0 Å². The van der Waals surface area contributed by atoms with Gasteiger partial charge in [0.25, 0.3) is 0 Å². The zero-order valence-corrected chi connectivity index (χ0v) is 11.8. The molecule has 0 aliphatic carbocycles. The van der Waals surface area contributed by atoms with Crippen LogP contribution in [0.1, 0.15) is 45.0 Å². The Bertz CT molecular complexity index is 507. The molecule has 0 aromatic carbocycles. The summed E-state index contributed by atoms with van der Waals surface area (Å²) >= 11 is 5.88. The molecule has 0 bridgehead atoms. The van der Waals surface area contributed by atoms with Crippen molar-refractivity contribution >= 4 is 22.6 Å². The summed E-state index contributed by atoms with van der Waals surface area (Å²) in [7, 11) is 0. The van der Waals surface area contributed by atoms with Gasteiger partial charge in [0.15, 0.2) is 0 Å². The van der Waals surface area contributed by atoms with Gasteiger partial charge in [0.05, 0.1) is 11.7 Å². The number of unbranched alkanes of at least 4 members (excludes halogenated alkanes) is 1. The molecular weight excluding hydrogens is 246 g/mol. The van der Waals surface area contributed by atoms with E-state index < -0.39 is 0 Å². The summed E-state index contributed by atoms with van der Waals surface area (Å²) in [6.45, 7) is 4.48. The molecule has 0 amide bonds. The van der Waals surface area contributed by atoms with E-state index in [9.17, 15) is 0 Å². The van der Waals surface area contributed by atoms with E-state index in [-0.39, 0.29) is 0 Å². The standard InChI is InChI=1S/C14H20ClN3/c1-3-4-5-11(2)18-13-7-9-16-10-12(13)17-14(18)6-8-15/h7,9-11H,3-6,8H2,1-2H3. The highest BCUT2D eigenvalue weighted by Gasteiger charge is 2.14. The fraction of sp³-hybridized carbons (Fsp3) is 0.571. The monoisotopic (exact) mass is 265 g/mol. The molecule has 0 spiro atoms. The number of alkyl halides is 1. The lowest BCUT2D eigenvalue weighted by atomic mass is 10.1. The molecule has 0 aliphatic heterocycles. The molecule has 1 unspecified atom stereocenters. The number of pyridine rings is 1. The second-order valence-corrected chi connectivity index (χ2v) is 5.07. The summed E-state index contributed by atoms with van der Waals surface area (Å²) < 4.78 is 2.33. The Kier molecular flexibility index (Phi) is 4.59. The molecule has 0 N–H and O–H groups in total. The number of halogens is 1. The Hall–Kier alpha value is -1.09. The van der Waals surface area contributed by atoms with Crippen LogP contribution in [0, 0.1) is 0 Å². The number of nitrogens with zero attached hydrogens (tertiary/aromatic N) is 3. The van der Waals surface area contributed by atoms with Crippen molar-refractivity contribution in [3.8, 4) is 0 Å². The van der Waals surface area contributed by atoms with Crippen molar-refractivity contribution in [1.29, 1.82) is 0 Å². The molecule has 2 rings (SSSR count). The largest absolute Gasteiger partial charge is 0.325 e. The number of hydrogen-bond donors (Lipinski definition) is 0. The molecule has 3 nitrogen and oxygen atoms in total. The smallest absolute Gasteiger partial charge is 0.111 e. The summed E-state index contributed by atoms with van der Waals surface area (Å²) in [6, 6.07) is 2.51. The maximum atomic E-state index is 5.88. The van der Waals surface area contributed by atoms with Gasteiger partial charge in [0.1, 0.15) is 11.3 Å². The van der Waals surface area contributed by atoms with Crippen LogP contribution in [-0.2, 0) is 6.42 Å². The highest BCUT2D eigenvalue weighted by Crippen LogP contribution is 2.24. The first-order chi connectivity index (χ1) is 8.77. The van der Waals surface area contributed by atoms with Gasteiger partial charge in [-0.2, -0.15) is 0 Å². The Morgan fingerprint density at radius 2 is 2.28 bits per heavy atom.